The summed E-state index contributed by atoms with van der Waals surface area (Å²) in [5.41, 5.74) is -0.559. The van der Waals surface area contributed by atoms with E-state index in [4.69, 9.17) is 18.9 Å². The summed E-state index contributed by atoms with van der Waals surface area (Å²) in [5, 5.41) is 2.72. The number of unbranched alkanes of at least 4 members (excludes halogenated alkanes) is 7. The van der Waals surface area contributed by atoms with Crippen LogP contribution >= 0.6 is 0 Å². The summed E-state index contributed by atoms with van der Waals surface area (Å²) in [6.07, 6.45) is 4.19. The highest BCUT2D eigenvalue weighted by Gasteiger charge is 2.39. The number of rotatable bonds is 20. The number of hydrogen-bond donors (Lipinski definition) is 1. The van der Waals surface area contributed by atoms with Crippen LogP contribution in [0.3, 0.4) is 0 Å². The number of alkyl halides is 3. The van der Waals surface area contributed by atoms with Gasteiger partial charge in [-0.05, 0) is 94.6 Å². The van der Waals surface area contributed by atoms with Gasteiger partial charge >= 0.3 is 24.2 Å². The fourth-order valence-corrected chi connectivity index (χ4v) is 5.06. The molecule has 0 bridgehead atoms. The van der Waals surface area contributed by atoms with Crippen molar-refractivity contribution in [2.45, 2.75) is 96.1 Å². The number of alkyl carbamates (subject to hydrolysis) is 1. The lowest BCUT2D eigenvalue weighted by atomic mass is 10.1. The lowest BCUT2D eigenvalue weighted by molar-refractivity contribution is -0.0885. The Morgan fingerprint density at radius 2 is 1.25 bits per heavy atom. The maximum absolute atomic E-state index is 13.1. The number of benzene rings is 3. The number of carbonyl (C=O) groups is 4. The molecule has 0 aliphatic heterocycles. The lowest BCUT2D eigenvalue weighted by Crippen LogP contribution is -2.49. The second-order valence-corrected chi connectivity index (χ2v) is 13.3. The largest absolute Gasteiger partial charge is 0.494 e. The standard InChI is InChI=1S/C41H48F3NO8/c1-40(2,3)53-39(49)45-34(29-51-37(47)31-19-13-11-14-20-31)35(52-38(48)32-21-15-12-16-22-32)23-17-9-7-5-4-6-8-10-18-28-50-33-26-24-30(25-27-33)36(46)41(42,43)44/h11-17,19-27,34-35H,4-10,18,28-29H2,1-3H3,(H,45,49)/b23-17+/t34-,35+/m0/s1. The van der Waals surface area contributed by atoms with E-state index < -0.39 is 53.3 Å². The third kappa shape index (κ3) is 16.4. The van der Waals surface area contributed by atoms with Gasteiger partial charge in [0.15, 0.2) is 0 Å². The number of esters is 2. The molecule has 1 amide bonds. The van der Waals surface area contributed by atoms with Crippen molar-refractivity contribution >= 4 is 23.8 Å². The van der Waals surface area contributed by atoms with Crippen molar-refractivity contribution in [1.29, 1.82) is 0 Å². The van der Waals surface area contributed by atoms with Gasteiger partial charge in [-0.2, -0.15) is 13.2 Å². The zero-order valence-corrected chi connectivity index (χ0v) is 30.4. The highest BCUT2D eigenvalue weighted by molar-refractivity contribution is 6.00. The van der Waals surface area contributed by atoms with Gasteiger partial charge < -0.3 is 24.3 Å². The number of ether oxygens (including phenoxy) is 4. The predicted molar refractivity (Wildman–Crippen MR) is 194 cm³/mol. The molecule has 53 heavy (non-hydrogen) atoms. The smallest absolute Gasteiger partial charge is 0.454 e. The normalized spacial score (nSPS) is 12.8. The molecule has 0 aliphatic carbocycles. The Bertz CT molecular complexity index is 1600. The van der Waals surface area contributed by atoms with E-state index in [1.807, 2.05) is 6.08 Å². The van der Waals surface area contributed by atoms with Gasteiger partial charge in [0.05, 0.1) is 17.7 Å². The Kier molecular flexibility index (Phi) is 17.1. The summed E-state index contributed by atoms with van der Waals surface area (Å²) in [6.45, 7) is 5.30. The molecular weight excluding hydrogens is 691 g/mol. The first-order valence-corrected chi connectivity index (χ1v) is 17.7. The average Bonchev–Trinajstić information content (AvgIpc) is 3.12. The number of allylic oxidation sites excluding steroid dienone is 1. The third-order valence-electron chi connectivity index (χ3n) is 7.74. The van der Waals surface area contributed by atoms with Gasteiger partial charge in [-0.25, -0.2) is 14.4 Å². The van der Waals surface area contributed by atoms with E-state index in [9.17, 15) is 32.3 Å². The second-order valence-electron chi connectivity index (χ2n) is 13.3. The maximum Gasteiger partial charge on any atom is 0.454 e. The Labute approximate surface area is 308 Å². The number of Topliss-reactive ketones (excluding diaryl/α,β-unsaturated/α-hetero) is 1. The third-order valence-corrected chi connectivity index (χ3v) is 7.74. The fourth-order valence-electron chi connectivity index (χ4n) is 5.06. The zero-order chi connectivity index (χ0) is 38.7. The number of halogens is 3. The Morgan fingerprint density at radius 3 is 1.81 bits per heavy atom. The highest BCUT2D eigenvalue weighted by Crippen LogP contribution is 2.23. The number of hydrogen-bond acceptors (Lipinski definition) is 8. The zero-order valence-electron chi connectivity index (χ0n) is 30.4. The van der Waals surface area contributed by atoms with Crippen molar-refractivity contribution in [2.75, 3.05) is 13.2 Å². The number of ketones is 1. The summed E-state index contributed by atoms with van der Waals surface area (Å²) in [6, 6.07) is 20.9. The molecule has 3 aromatic rings. The van der Waals surface area contributed by atoms with E-state index in [1.165, 1.54) is 12.1 Å². The molecule has 12 heteroatoms. The van der Waals surface area contributed by atoms with Gasteiger partial charge in [0.25, 0.3) is 5.78 Å². The molecular formula is C41H48F3NO8. The summed E-state index contributed by atoms with van der Waals surface area (Å²) < 4.78 is 60.1. The van der Waals surface area contributed by atoms with Crippen LogP contribution < -0.4 is 10.1 Å². The molecule has 0 aliphatic rings. The van der Waals surface area contributed by atoms with Crippen molar-refractivity contribution in [2.24, 2.45) is 0 Å². The molecule has 0 radical (unpaired) electrons. The van der Waals surface area contributed by atoms with Crippen molar-refractivity contribution in [1.82, 2.24) is 5.32 Å². The van der Waals surface area contributed by atoms with Gasteiger partial charge in [0.2, 0.25) is 0 Å². The number of nitrogens with one attached hydrogen (secondary N) is 1. The molecule has 1 N–H and O–H groups in total. The molecule has 3 rings (SSSR count). The van der Waals surface area contributed by atoms with E-state index in [2.05, 4.69) is 5.32 Å². The van der Waals surface area contributed by atoms with Crippen LogP contribution in [0.2, 0.25) is 0 Å². The summed E-state index contributed by atoms with van der Waals surface area (Å²) in [7, 11) is 0. The Hall–Kier alpha value is -5.13. The van der Waals surface area contributed by atoms with E-state index in [-0.39, 0.29) is 6.61 Å². The van der Waals surface area contributed by atoms with Crippen LogP contribution in [0.5, 0.6) is 5.75 Å². The lowest BCUT2D eigenvalue weighted by Gasteiger charge is -2.27. The highest BCUT2D eigenvalue weighted by atomic mass is 19.4. The fraction of sp³-hybridized carbons (Fsp3) is 0.415. The monoisotopic (exact) mass is 739 g/mol. The van der Waals surface area contributed by atoms with Gasteiger partial charge in [-0.15, -0.1) is 0 Å². The molecule has 3 aromatic carbocycles. The van der Waals surface area contributed by atoms with Crippen LogP contribution in [-0.4, -0.2) is 61.0 Å². The van der Waals surface area contributed by atoms with Crippen LogP contribution in [0.1, 0.15) is 103 Å². The first-order chi connectivity index (χ1) is 25.2. The molecule has 286 valence electrons. The van der Waals surface area contributed by atoms with Gasteiger partial charge in [-0.3, -0.25) is 4.79 Å². The molecule has 0 fully saturated rings. The van der Waals surface area contributed by atoms with Crippen LogP contribution in [0.25, 0.3) is 0 Å². The van der Waals surface area contributed by atoms with Gasteiger partial charge in [-0.1, -0.05) is 74.6 Å². The van der Waals surface area contributed by atoms with Crippen molar-refractivity contribution in [3.05, 3.63) is 114 Å². The topological polar surface area (TPSA) is 117 Å². The molecule has 2 atom stereocenters. The molecule has 0 spiro atoms. The quantitative estimate of drug-likeness (QED) is 0.0401. The number of amides is 1. The van der Waals surface area contributed by atoms with Crippen LogP contribution in [0.15, 0.2) is 97.1 Å². The van der Waals surface area contributed by atoms with Crippen LogP contribution in [0, 0.1) is 0 Å². The van der Waals surface area contributed by atoms with Crippen molar-refractivity contribution < 1.29 is 51.3 Å². The minimum absolute atomic E-state index is 0.287. The summed E-state index contributed by atoms with van der Waals surface area (Å²) in [5.74, 6) is -2.67. The van der Waals surface area contributed by atoms with Crippen LogP contribution in [-0.2, 0) is 14.2 Å². The minimum atomic E-state index is -4.91. The van der Waals surface area contributed by atoms with E-state index in [1.54, 1.807) is 87.5 Å². The Balaban J connectivity index is 1.49. The van der Waals surface area contributed by atoms with Crippen LogP contribution in [0.4, 0.5) is 18.0 Å². The molecule has 0 aromatic heterocycles. The SMILES string of the molecule is CC(C)(C)OC(=O)N[C@@H](COC(=O)c1ccccc1)[C@@H](/C=C/CCCCCCCCCOc1ccc(C(=O)C(F)(F)F)cc1)OC(=O)c1ccccc1. The molecule has 9 nitrogen and oxygen atoms in total. The number of carbonyl (C=O) groups excluding carboxylic acids is 4. The summed E-state index contributed by atoms with van der Waals surface area (Å²) >= 11 is 0. The first kappa shape index (κ1) is 42.3. The predicted octanol–water partition coefficient (Wildman–Crippen LogP) is 9.46. The molecule has 0 heterocycles. The van der Waals surface area contributed by atoms with Crippen molar-refractivity contribution in [3.8, 4) is 5.75 Å². The molecule has 0 saturated carbocycles. The maximum atomic E-state index is 13.1. The van der Waals surface area contributed by atoms with Crippen molar-refractivity contribution in [3.63, 3.8) is 0 Å². The van der Waals surface area contributed by atoms with E-state index in [0.29, 0.717) is 29.9 Å². The molecule has 0 saturated heterocycles. The minimum Gasteiger partial charge on any atom is -0.494 e. The molecule has 0 unspecified atom stereocenters. The summed E-state index contributed by atoms with van der Waals surface area (Å²) in [4.78, 5) is 50.0. The van der Waals surface area contributed by atoms with E-state index in [0.717, 1.165) is 57.1 Å². The first-order valence-electron chi connectivity index (χ1n) is 17.7. The Morgan fingerprint density at radius 1 is 0.698 bits per heavy atom. The van der Waals surface area contributed by atoms with E-state index >= 15 is 0 Å². The average molecular weight is 740 g/mol. The van der Waals surface area contributed by atoms with Gasteiger partial charge in [0, 0.05) is 5.56 Å². The second kappa shape index (κ2) is 21.4. The van der Waals surface area contributed by atoms with Gasteiger partial charge in [0.1, 0.15) is 30.1 Å².